The van der Waals surface area contributed by atoms with Crippen LogP contribution in [-0.4, -0.2) is 5.84 Å². The van der Waals surface area contributed by atoms with Crippen molar-refractivity contribution >= 4 is 27.5 Å². The topological polar surface area (TPSA) is 38.4 Å². The van der Waals surface area contributed by atoms with E-state index in [1.807, 2.05) is 12.1 Å². The van der Waals surface area contributed by atoms with Crippen LogP contribution in [0, 0.1) is 0 Å². The van der Waals surface area contributed by atoms with Crippen LogP contribution in [0.3, 0.4) is 0 Å². The molecule has 0 saturated carbocycles. The fourth-order valence-electron chi connectivity index (χ4n) is 1.35. The Morgan fingerprint density at radius 3 is 3.00 bits per heavy atom. The molecule has 0 fully saturated rings. The van der Waals surface area contributed by atoms with Gasteiger partial charge in [0.15, 0.2) is 0 Å². The van der Waals surface area contributed by atoms with Crippen LogP contribution in [-0.2, 0) is 6.42 Å². The van der Waals surface area contributed by atoms with Gasteiger partial charge in [0.1, 0.15) is 0 Å². The van der Waals surface area contributed by atoms with E-state index in [9.17, 15) is 0 Å². The molecule has 0 aromatic heterocycles. The average molecular weight is 225 g/mol. The lowest BCUT2D eigenvalue weighted by Crippen LogP contribution is -2.15. The standard InChI is InChI=1S/C9H9BrN2/c10-7-3-1-2-6-4-5-8(11)12-9(6)7/h1-3H,4-5H2,(H2,11,12). The van der Waals surface area contributed by atoms with E-state index in [-0.39, 0.29) is 0 Å². The summed E-state index contributed by atoms with van der Waals surface area (Å²) in [5, 5.41) is 0. The molecule has 1 aromatic rings. The first-order chi connectivity index (χ1) is 5.77. The van der Waals surface area contributed by atoms with Crippen molar-refractivity contribution in [3.8, 4) is 0 Å². The fourth-order valence-corrected chi connectivity index (χ4v) is 1.85. The van der Waals surface area contributed by atoms with Crippen LogP contribution >= 0.6 is 15.9 Å². The lowest BCUT2D eigenvalue weighted by molar-refractivity contribution is 0.993. The van der Waals surface area contributed by atoms with E-state index >= 15 is 0 Å². The third kappa shape index (κ3) is 1.25. The minimum Gasteiger partial charge on any atom is -0.387 e. The number of benzene rings is 1. The Morgan fingerprint density at radius 1 is 1.33 bits per heavy atom. The lowest BCUT2D eigenvalue weighted by Gasteiger charge is -2.13. The largest absolute Gasteiger partial charge is 0.387 e. The van der Waals surface area contributed by atoms with E-state index in [2.05, 4.69) is 27.0 Å². The van der Waals surface area contributed by atoms with E-state index in [1.54, 1.807) is 0 Å². The summed E-state index contributed by atoms with van der Waals surface area (Å²) in [5.74, 6) is 0.731. The maximum Gasteiger partial charge on any atom is 0.1000 e. The summed E-state index contributed by atoms with van der Waals surface area (Å²) in [7, 11) is 0. The zero-order valence-corrected chi connectivity index (χ0v) is 8.13. The Morgan fingerprint density at radius 2 is 2.17 bits per heavy atom. The van der Waals surface area contributed by atoms with Gasteiger partial charge in [-0.05, 0) is 34.0 Å². The molecule has 1 aliphatic heterocycles. The number of hydrogen-bond donors (Lipinski definition) is 1. The smallest absolute Gasteiger partial charge is 0.1000 e. The van der Waals surface area contributed by atoms with Gasteiger partial charge in [-0.1, -0.05) is 12.1 Å². The van der Waals surface area contributed by atoms with Gasteiger partial charge in [0.2, 0.25) is 0 Å². The molecule has 0 bridgehead atoms. The van der Waals surface area contributed by atoms with Crippen LogP contribution in [0.15, 0.2) is 27.7 Å². The van der Waals surface area contributed by atoms with E-state index in [4.69, 9.17) is 5.73 Å². The molecule has 1 aromatic carbocycles. The third-order valence-electron chi connectivity index (χ3n) is 1.98. The van der Waals surface area contributed by atoms with Crippen LogP contribution in [0.2, 0.25) is 0 Å². The van der Waals surface area contributed by atoms with Crippen LogP contribution in [0.1, 0.15) is 12.0 Å². The van der Waals surface area contributed by atoms with E-state index in [1.165, 1.54) is 5.56 Å². The highest BCUT2D eigenvalue weighted by Gasteiger charge is 2.11. The minimum absolute atomic E-state index is 0.731. The number of rotatable bonds is 0. The second-order valence-electron chi connectivity index (χ2n) is 2.85. The van der Waals surface area contributed by atoms with Gasteiger partial charge in [0.25, 0.3) is 0 Å². The predicted octanol–water partition coefficient (Wildman–Crippen LogP) is 2.38. The molecule has 2 rings (SSSR count). The molecule has 0 spiro atoms. The number of aliphatic imine (C=N–C) groups is 1. The second-order valence-corrected chi connectivity index (χ2v) is 3.71. The van der Waals surface area contributed by atoms with Crippen molar-refractivity contribution in [2.45, 2.75) is 12.8 Å². The first-order valence-corrected chi connectivity index (χ1v) is 4.67. The highest BCUT2D eigenvalue weighted by Crippen LogP contribution is 2.32. The maximum atomic E-state index is 5.65. The van der Waals surface area contributed by atoms with E-state index in [0.717, 1.165) is 28.8 Å². The van der Waals surface area contributed by atoms with Gasteiger partial charge in [0.05, 0.1) is 11.5 Å². The van der Waals surface area contributed by atoms with Gasteiger partial charge < -0.3 is 5.73 Å². The molecule has 0 saturated heterocycles. The number of hydrogen-bond acceptors (Lipinski definition) is 2. The molecular formula is C9H9BrN2. The summed E-state index contributed by atoms with van der Waals surface area (Å²) in [6, 6.07) is 6.11. The van der Waals surface area contributed by atoms with Crippen molar-refractivity contribution in [2.75, 3.05) is 0 Å². The van der Waals surface area contributed by atoms with Crippen LogP contribution in [0.4, 0.5) is 5.69 Å². The molecule has 2 nitrogen and oxygen atoms in total. The SMILES string of the molecule is NC1=Nc2c(Br)cccc2CC1. The number of nitrogens with two attached hydrogens (primary N) is 1. The summed E-state index contributed by atoms with van der Waals surface area (Å²) in [6.07, 6.45) is 1.88. The molecule has 1 aliphatic rings. The highest BCUT2D eigenvalue weighted by atomic mass is 79.9. The number of nitrogens with zero attached hydrogens (tertiary/aromatic N) is 1. The van der Waals surface area contributed by atoms with Gasteiger partial charge in [-0.25, -0.2) is 4.99 Å². The van der Waals surface area contributed by atoms with Gasteiger partial charge in [0, 0.05) is 10.9 Å². The van der Waals surface area contributed by atoms with Crippen molar-refractivity contribution in [1.29, 1.82) is 0 Å². The number of para-hydroxylation sites is 1. The highest BCUT2D eigenvalue weighted by molar-refractivity contribution is 9.10. The molecule has 0 aliphatic carbocycles. The van der Waals surface area contributed by atoms with Crippen LogP contribution in [0.5, 0.6) is 0 Å². The summed E-state index contributed by atoms with van der Waals surface area (Å²) in [4.78, 5) is 4.29. The second kappa shape index (κ2) is 2.90. The summed E-state index contributed by atoms with van der Waals surface area (Å²) in [5.41, 5.74) is 7.93. The van der Waals surface area contributed by atoms with Crippen molar-refractivity contribution in [3.05, 3.63) is 28.2 Å². The van der Waals surface area contributed by atoms with Crippen molar-refractivity contribution in [3.63, 3.8) is 0 Å². The van der Waals surface area contributed by atoms with E-state index in [0.29, 0.717) is 0 Å². The molecule has 0 unspecified atom stereocenters. The van der Waals surface area contributed by atoms with E-state index < -0.39 is 0 Å². The predicted molar refractivity (Wildman–Crippen MR) is 53.7 cm³/mol. The Bertz CT molecular complexity index is 344. The number of aryl methyl sites for hydroxylation is 1. The van der Waals surface area contributed by atoms with Gasteiger partial charge in [-0.3, -0.25) is 0 Å². The molecule has 0 radical (unpaired) electrons. The monoisotopic (exact) mass is 224 g/mol. The molecule has 12 heavy (non-hydrogen) atoms. The first kappa shape index (κ1) is 7.80. The van der Waals surface area contributed by atoms with Gasteiger partial charge >= 0.3 is 0 Å². The van der Waals surface area contributed by atoms with Crippen molar-refractivity contribution in [2.24, 2.45) is 10.7 Å². The molecule has 62 valence electrons. The average Bonchev–Trinajstić information content (AvgIpc) is 2.07. The molecule has 3 heteroatoms. The van der Waals surface area contributed by atoms with Crippen molar-refractivity contribution < 1.29 is 0 Å². The molecule has 1 heterocycles. The fraction of sp³-hybridized carbons (Fsp3) is 0.222. The quantitative estimate of drug-likeness (QED) is 0.723. The maximum absolute atomic E-state index is 5.65. The number of amidine groups is 1. The zero-order chi connectivity index (χ0) is 8.55. The summed E-state index contributed by atoms with van der Waals surface area (Å²) in [6.45, 7) is 0. The first-order valence-electron chi connectivity index (χ1n) is 3.88. The summed E-state index contributed by atoms with van der Waals surface area (Å²) >= 11 is 3.45. The van der Waals surface area contributed by atoms with Crippen molar-refractivity contribution in [1.82, 2.24) is 0 Å². The zero-order valence-electron chi connectivity index (χ0n) is 6.55. The third-order valence-corrected chi connectivity index (χ3v) is 2.62. The van der Waals surface area contributed by atoms with Gasteiger partial charge in [-0.15, -0.1) is 0 Å². The Labute approximate surface area is 79.6 Å². The normalized spacial score (nSPS) is 15.2. The van der Waals surface area contributed by atoms with Gasteiger partial charge in [-0.2, -0.15) is 0 Å². The molecule has 0 atom stereocenters. The number of fused-ring (bicyclic) bond motifs is 1. The summed E-state index contributed by atoms with van der Waals surface area (Å²) < 4.78 is 1.03. The Balaban J connectivity index is 2.59. The minimum atomic E-state index is 0.731. The Hall–Kier alpha value is -0.830. The molecule has 0 amide bonds. The molecular weight excluding hydrogens is 216 g/mol. The Kier molecular flexibility index (Phi) is 1.89. The van der Waals surface area contributed by atoms with Crippen LogP contribution < -0.4 is 5.73 Å². The lowest BCUT2D eigenvalue weighted by atomic mass is 10.0. The number of halogens is 1. The van der Waals surface area contributed by atoms with Crippen LogP contribution in [0.25, 0.3) is 0 Å². The molecule has 2 N–H and O–H groups in total.